The first-order chi connectivity index (χ1) is 17.1. The van der Waals surface area contributed by atoms with Gasteiger partial charge in [0, 0.05) is 11.3 Å². The molecule has 0 aliphatic heterocycles. The van der Waals surface area contributed by atoms with E-state index < -0.39 is 40.5 Å². The zero-order chi connectivity index (χ0) is 25.5. The summed E-state index contributed by atoms with van der Waals surface area (Å²) >= 11 is 0.662. The second kappa shape index (κ2) is 8.18. The van der Waals surface area contributed by atoms with Gasteiger partial charge in [-0.05, 0) is 73.6 Å². The maximum absolute atomic E-state index is 17.6. The van der Waals surface area contributed by atoms with Crippen molar-refractivity contribution in [2.45, 2.75) is 64.1 Å². The van der Waals surface area contributed by atoms with Gasteiger partial charge in [-0.25, -0.2) is 18.4 Å². The van der Waals surface area contributed by atoms with Crippen LogP contribution in [0.1, 0.15) is 57.2 Å². The highest BCUT2D eigenvalue weighted by Gasteiger charge is 2.71. The van der Waals surface area contributed by atoms with Crippen molar-refractivity contribution in [2.75, 3.05) is 6.01 Å². The molecule has 0 saturated heterocycles. The maximum Gasteiger partial charge on any atom is 0.212 e. The van der Waals surface area contributed by atoms with Crippen LogP contribution in [-0.2, 0) is 11.2 Å². The first-order valence-corrected chi connectivity index (χ1v) is 13.5. The van der Waals surface area contributed by atoms with E-state index in [0.717, 1.165) is 16.8 Å². The van der Waals surface area contributed by atoms with Crippen molar-refractivity contribution in [1.29, 1.82) is 0 Å². The number of halogens is 3. The number of rotatable bonds is 3. The van der Waals surface area contributed by atoms with Crippen LogP contribution in [0.15, 0.2) is 30.1 Å². The molecule has 191 valence electrons. The standard InChI is InChI=1S/C27H29F3N3O2S/c1-25-11-22(34)27(30)19(18(25)6-7-20(25)24(35)36-14-28)5-3-16-9-21-15(10-26(16,27)2)12-32-33(21)17-4-8-23(29)31-13-17/h4,8-9,12-13,18-19,22,34H,3,5-7,10-11,14H2,1-2H3/t18-,19-,22-,25+,26-,27-/m0/s1. The van der Waals surface area contributed by atoms with E-state index in [2.05, 4.69) is 10.1 Å². The van der Waals surface area contributed by atoms with Gasteiger partial charge in [0.15, 0.2) is 5.12 Å². The van der Waals surface area contributed by atoms with E-state index >= 15 is 4.39 Å². The molecule has 4 aliphatic rings. The lowest BCUT2D eigenvalue weighted by molar-refractivity contribution is -0.197. The van der Waals surface area contributed by atoms with Crippen LogP contribution in [0.5, 0.6) is 0 Å². The molecule has 6 atom stereocenters. The van der Waals surface area contributed by atoms with Crippen LogP contribution in [0.4, 0.5) is 13.2 Å². The number of alkyl halides is 2. The predicted octanol–water partition coefficient (Wildman–Crippen LogP) is 5.41. The fourth-order valence-corrected chi connectivity index (χ4v) is 8.65. The number of aliphatic hydroxyl groups is 1. The number of hydrogen-bond acceptors (Lipinski definition) is 5. The number of pyridine rings is 1. The van der Waals surface area contributed by atoms with Gasteiger partial charge in [-0.15, -0.1) is 0 Å². The molecular weight excluding hydrogens is 487 g/mol. The third-order valence-corrected chi connectivity index (χ3v) is 10.4. The average molecular weight is 517 g/mol. The Morgan fingerprint density at radius 3 is 2.72 bits per heavy atom. The highest BCUT2D eigenvalue weighted by atomic mass is 32.2. The molecule has 0 spiro atoms. The van der Waals surface area contributed by atoms with Gasteiger partial charge in [0.1, 0.15) is 11.7 Å². The molecule has 1 radical (unpaired) electrons. The van der Waals surface area contributed by atoms with Gasteiger partial charge >= 0.3 is 0 Å². The Kier molecular flexibility index (Phi) is 5.51. The lowest BCUT2D eigenvalue weighted by Gasteiger charge is -2.62. The van der Waals surface area contributed by atoms with Crippen molar-refractivity contribution in [3.05, 3.63) is 53.2 Å². The molecule has 5 nitrogen and oxygen atoms in total. The third-order valence-electron chi connectivity index (χ3n) is 9.75. The average Bonchev–Trinajstić information content (AvgIpc) is 3.39. The van der Waals surface area contributed by atoms with Crippen LogP contribution in [0.25, 0.3) is 11.8 Å². The van der Waals surface area contributed by atoms with E-state index in [0.29, 0.717) is 55.5 Å². The van der Waals surface area contributed by atoms with E-state index in [1.807, 2.05) is 19.9 Å². The molecule has 36 heavy (non-hydrogen) atoms. The number of aromatic nitrogens is 3. The van der Waals surface area contributed by atoms with Gasteiger partial charge in [-0.3, -0.25) is 4.79 Å². The monoisotopic (exact) mass is 516 g/mol. The van der Waals surface area contributed by atoms with Crippen LogP contribution < -0.4 is 0 Å². The minimum Gasteiger partial charge on any atom is -0.390 e. The Morgan fingerprint density at radius 1 is 1.22 bits per heavy atom. The minimum absolute atomic E-state index is 0.0714. The van der Waals surface area contributed by atoms with Crippen molar-refractivity contribution in [3.8, 4) is 5.69 Å². The summed E-state index contributed by atoms with van der Waals surface area (Å²) in [4.78, 5) is 16.4. The number of carbonyl (C=O) groups is 1. The number of fused-ring (bicyclic) bond motifs is 6. The molecule has 0 unspecified atom stereocenters. The minimum atomic E-state index is -1.86. The molecule has 3 saturated carbocycles. The van der Waals surface area contributed by atoms with Crippen LogP contribution in [0.2, 0.25) is 0 Å². The van der Waals surface area contributed by atoms with Gasteiger partial charge in [-0.1, -0.05) is 31.2 Å². The molecule has 0 amide bonds. The number of aliphatic hydroxyl groups excluding tert-OH is 1. The Balaban J connectivity index is 1.37. The highest BCUT2D eigenvalue weighted by Crippen LogP contribution is 2.70. The van der Waals surface area contributed by atoms with Crippen LogP contribution in [0.3, 0.4) is 0 Å². The van der Waals surface area contributed by atoms with Crippen LogP contribution >= 0.6 is 11.8 Å². The molecule has 0 aromatic carbocycles. The summed E-state index contributed by atoms with van der Waals surface area (Å²) in [6.07, 6.45) is 6.92. The Hall–Kier alpha value is -2.13. The molecule has 2 heterocycles. The number of allylic oxidation sites excluding steroid dienone is 1. The van der Waals surface area contributed by atoms with Crippen molar-refractivity contribution in [1.82, 2.24) is 14.8 Å². The molecule has 4 aliphatic carbocycles. The first kappa shape index (κ1) is 24.2. The lowest BCUT2D eigenvalue weighted by Crippen LogP contribution is -2.67. The van der Waals surface area contributed by atoms with Crippen molar-refractivity contribution in [2.24, 2.45) is 22.7 Å². The second-order valence-corrected chi connectivity index (χ2v) is 12.1. The maximum atomic E-state index is 17.6. The van der Waals surface area contributed by atoms with Gasteiger partial charge in [0.25, 0.3) is 0 Å². The molecular formula is C27H29F3N3O2S. The zero-order valence-corrected chi connectivity index (χ0v) is 21.1. The Morgan fingerprint density at radius 2 is 2.00 bits per heavy atom. The second-order valence-electron chi connectivity index (χ2n) is 11.2. The summed E-state index contributed by atoms with van der Waals surface area (Å²) < 4.78 is 45.5. The molecule has 9 heteroatoms. The van der Waals surface area contributed by atoms with Crippen molar-refractivity contribution >= 4 is 23.0 Å². The number of thioether (sulfide) groups is 1. The normalized spacial score (nSPS) is 37.5. The number of carbonyl (C=O) groups excluding carboxylic acids is 1. The molecule has 0 bridgehead atoms. The number of nitrogens with zero attached hydrogens (tertiary/aromatic N) is 3. The summed E-state index contributed by atoms with van der Waals surface area (Å²) in [6.45, 7) is 3.88. The molecule has 1 N–H and O–H groups in total. The van der Waals surface area contributed by atoms with Crippen molar-refractivity contribution < 1.29 is 23.1 Å². The summed E-state index contributed by atoms with van der Waals surface area (Å²) in [5.74, 6) is -0.383. The van der Waals surface area contributed by atoms with E-state index in [9.17, 15) is 18.7 Å². The van der Waals surface area contributed by atoms with Gasteiger partial charge < -0.3 is 5.11 Å². The van der Waals surface area contributed by atoms with Crippen molar-refractivity contribution in [3.63, 3.8) is 0 Å². The van der Waals surface area contributed by atoms with Gasteiger partial charge in [-0.2, -0.15) is 9.49 Å². The van der Waals surface area contributed by atoms with E-state index in [4.69, 9.17) is 0 Å². The Bertz CT molecular complexity index is 1250. The molecule has 6 rings (SSSR count). The smallest absolute Gasteiger partial charge is 0.212 e. The van der Waals surface area contributed by atoms with E-state index in [-0.39, 0.29) is 17.5 Å². The SMILES string of the molecule is C[C@@]12C[C@H](O)[C@@]3(F)[C@@H](CCC4=Cc5c(cnn5-c5ccc(F)nc5)C[C@@]43C)[C@@H]1CC[C]2C(=O)SCF. The largest absolute Gasteiger partial charge is 0.390 e. The molecule has 3 fully saturated rings. The summed E-state index contributed by atoms with van der Waals surface area (Å²) in [5.41, 5.74) is -0.116. The molecule has 2 aromatic rings. The highest BCUT2D eigenvalue weighted by molar-refractivity contribution is 8.13. The molecule has 2 aromatic heterocycles. The fourth-order valence-electron chi connectivity index (χ4n) is 8.04. The Labute approximate surface area is 212 Å². The quantitative estimate of drug-likeness (QED) is 0.553. The predicted molar refractivity (Wildman–Crippen MR) is 131 cm³/mol. The number of hydrogen-bond donors (Lipinski definition) is 1. The van der Waals surface area contributed by atoms with E-state index in [1.165, 1.54) is 12.3 Å². The van der Waals surface area contributed by atoms with Crippen LogP contribution in [0, 0.1) is 34.5 Å². The fraction of sp³-hybridized carbons (Fsp3) is 0.556. The lowest BCUT2D eigenvalue weighted by atomic mass is 9.44. The van der Waals surface area contributed by atoms with Gasteiger partial charge in [0.05, 0.1) is 35.8 Å². The van der Waals surface area contributed by atoms with Crippen LogP contribution in [-0.4, -0.2) is 42.8 Å². The van der Waals surface area contributed by atoms with E-state index in [1.54, 1.807) is 16.9 Å². The first-order valence-electron chi connectivity index (χ1n) is 12.5. The third kappa shape index (κ3) is 3.11. The zero-order valence-electron chi connectivity index (χ0n) is 20.3. The summed E-state index contributed by atoms with van der Waals surface area (Å²) in [5, 5.41) is 15.7. The summed E-state index contributed by atoms with van der Waals surface area (Å²) in [7, 11) is 0. The van der Waals surface area contributed by atoms with Gasteiger partial charge in [0.2, 0.25) is 5.95 Å². The topological polar surface area (TPSA) is 68.0 Å². The summed E-state index contributed by atoms with van der Waals surface area (Å²) in [6, 6.07) is 2.11.